The fourth-order valence-corrected chi connectivity index (χ4v) is 4.72. The third-order valence-electron chi connectivity index (χ3n) is 5.85. The highest BCUT2D eigenvalue weighted by Crippen LogP contribution is 2.32. The highest BCUT2D eigenvalue weighted by atomic mass is 127. The molecule has 0 amide bonds. The first-order chi connectivity index (χ1) is 13.0. The number of halogens is 1. The Morgan fingerprint density at radius 1 is 0.750 bits per heavy atom. The number of hydrogen-bond donors (Lipinski definition) is 1. The molecular weight excluding hydrogens is 453 g/mol. The number of anilines is 1. The normalized spacial score (nSPS) is 12.9. The first kappa shape index (κ1) is 23.3. The van der Waals surface area contributed by atoms with Crippen molar-refractivity contribution in [3.05, 3.63) is 61.2 Å². The summed E-state index contributed by atoms with van der Waals surface area (Å²) in [5.74, 6) is 2.12. The van der Waals surface area contributed by atoms with Crippen LogP contribution in [0.2, 0.25) is 0 Å². The van der Waals surface area contributed by atoms with Gasteiger partial charge < -0.3 is 5.32 Å². The van der Waals surface area contributed by atoms with E-state index in [1.807, 2.05) is 0 Å². The van der Waals surface area contributed by atoms with Crippen LogP contribution in [0.1, 0.15) is 106 Å². The monoisotopic (exact) mass is 491 g/mol. The third-order valence-corrected chi connectivity index (χ3v) is 7.33. The van der Waals surface area contributed by atoms with E-state index in [0.29, 0.717) is 23.7 Å². The van der Waals surface area contributed by atoms with E-state index in [4.69, 9.17) is 0 Å². The lowest BCUT2D eigenvalue weighted by molar-refractivity contribution is 0.785. The van der Waals surface area contributed by atoms with Crippen LogP contribution in [0.4, 0.5) is 5.69 Å². The van der Waals surface area contributed by atoms with Gasteiger partial charge in [0.05, 0.1) is 0 Å². The predicted molar refractivity (Wildman–Crippen MR) is 134 cm³/mol. The first-order valence-corrected chi connectivity index (χ1v) is 11.8. The van der Waals surface area contributed by atoms with E-state index in [0.717, 1.165) is 6.54 Å². The molecule has 0 spiro atoms. The number of aryl methyl sites for hydroxylation is 1. The number of rotatable bonds is 7. The van der Waals surface area contributed by atoms with Crippen LogP contribution in [0, 0.1) is 17.4 Å². The molecule has 0 radical (unpaired) electrons. The SMILES string of the molecule is Cc1cc(C(C)CNc2cc(C(C)C)cc(C(C)C)c2C)cc(C(C)C)c1I. The maximum atomic E-state index is 3.78. The molecule has 0 saturated carbocycles. The number of hydrogen-bond acceptors (Lipinski definition) is 1. The minimum atomic E-state index is 0.470. The molecule has 28 heavy (non-hydrogen) atoms. The minimum Gasteiger partial charge on any atom is -0.384 e. The molecule has 2 heteroatoms. The molecule has 2 rings (SSSR count). The van der Waals surface area contributed by atoms with Crippen molar-refractivity contribution in [3.63, 3.8) is 0 Å². The van der Waals surface area contributed by atoms with Gasteiger partial charge in [-0.2, -0.15) is 0 Å². The van der Waals surface area contributed by atoms with Gasteiger partial charge in [-0.3, -0.25) is 0 Å². The largest absolute Gasteiger partial charge is 0.384 e. The van der Waals surface area contributed by atoms with E-state index < -0.39 is 0 Å². The predicted octanol–water partition coefficient (Wildman–Crippen LogP) is 8.49. The summed E-state index contributed by atoms with van der Waals surface area (Å²) in [4.78, 5) is 0. The van der Waals surface area contributed by atoms with Gasteiger partial charge >= 0.3 is 0 Å². The van der Waals surface area contributed by atoms with Crippen LogP contribution in [0.3, 0.4) is 0 Å². The Kier molecular flexibility index (Phi) is 8.01. The quantitative estimate of drug-likeness (QED) is 0.383. The lowest BCUT2D eigenvalue weighted by atomic mass is 9.90. The summed E-state index contributed by atoms with van der Waals surface area (Å²) >= 11 is 2.50. The summed E-state index contributed by atoms with van der Waals surface area (Å²) in [6, 6.07) is 9.55. The van der Waals surface area contributed by atoms with Crippen molar-refractivity contribution in [2.45, 2.75) is 86.0 Å². The van der Waals surface area contributed by atoms with Crippen molar-refractivity contribution >= 4 is 28.3 Å². The lowest BCUT2D eigenvalue weighted by Gasteiger charge is -2.22. The van der Waals surface area contributed by atoms with E-state index in [1.54, 1.807) is 0 Å². The van der Waals surface area contributed by atoms with Crippen molar-refractivity contribution in [2.24, 2.45) is 0 Å². The maximum absolute atomic E-state index is 3.78. The highest BCUT2D eigenvalue weighted by molar-refractivity contribution is 14.1. The molecule has 1 atom stereocenters. The smallest absolute Gasteiger partial charge is 0.0375 e. The molecule has 0 aliphatic heterocycles. The Balaban J connectivity index is 2.29. The molecule has 0 aromatic heterocycles. The topological polar surface area (TPSA) is 12.0 Å². The van der Waals surface area contributed by atoms with Crippen LogP contribution in [0.15, 0.2) is 24.3 Å². The van der Waals surface area contributed by atoms with E-state index >= 15 is 0 Å². The van der Waals surface area contributed by atoms with E-state index in [-0.39, 0.29) is 0 Å². The fraction of sp³-hybridized carbons (Fsp3) is 0.538. The van der Waals surface area contributed by atoms with Gasteiger partial charge in [-0.25, -0.2) is 0 Å². The Morgan fingerprint density at radius 3 is 1.86 bits per heavy atom. The Hall–Kier alpha value is -1.03. The van der Waals surface area contributed by atoms with Crippen molar-refractivity contribution in [3.8, 4) is 0 Å². The van der Waals surface area contributed by atoms with Crippen molar-refractivity contribution in [1.82, 2.24) is 0 Å². The first-order valence-electron chi connectivity index (χ1n) is 10.7. The lowest BCUT2D eigenvalue weighted by Crippen LogP contribution is -2.13. The van der Waals surface area contributed by atoms with Gasteiger partial charge in [-0.1, -0.05) is 66.7 Å². The molecule has 0 heterocycles. The standard InChI is InChI=1S/C26H38IN/c1-15(2)21-11-23(16(3)4)20(9)25(13-21)28-14-19(8)22-10-18(7)26(27)24(12-22)17(5)6/h10-13,15-17,19,28H,14H2,1-9H3. The van der Waals surface area contributed by atoms with Gasteiger partial charge in [-0.15, -0.1) is 0 Å². The molecule has 0 fully saturated rings. The molecule has 154 valence electrons. The van der Waals surface area contributed by atoms with Gasteiger partial charge in [0.15, 0.2) is 0 Å². The summed E-state index contributed by atoms with van der Waals surface area (Å²) in [6.45, 7) is 21.5. The maximum Gasteiger partial charge on any atom is 0.0375 e. The molecule has 0 saturated heterocycles. The molecule has 1 unspecified atom stereocenters. The summed E-state index contributed by atoms with van der Waals surface area (Å²) in [7, 11) is 0. The average molecular weight is 492 g/mol. The zero-order valence-electron chi connectivity index (χ0n) is 19.2. The van der Waals surface area contributed by atoms with E-state index in [2.05, 4.69) is 114 Å². The Labute approximate surface area is 186 Å². The summed E-state index contributed by atoms with van der Waals surface area (Å²) < 4.78 is 1.42. The molecule has 0 aliphatic carbocycles. The molecule has 0 aliphatic rings. The van der Waals surface area contributed by atoms with Crippen molar-refractivity contribution in [2.75, 3.05) is 11.9 Å². The van der Waals surface area contributed by atoms with Gasteiger partial charge in [0.25, 0.3) is 0 Å². The zero-order chi connectivity index (χ0) is 21.2. The second kappa shape index (κ2) is 9.65. The van der Waals surface area contributed by atoms with Crippen LogP contribution in [-0.2, 0) is 0 Å². The van der Waals surface area contributed by atoms with Gasteiger partial charge in [-0.05, 0) is 99.6 Å². The zero-order valence-corrected chi connectivity index (χ0v) is 21.4. The number of benzene rings is 2. The van der Waals surface area contributed by atoms with Crippen LogP contribution in [0.25, 0.3) is 0 Å². The summed E-state index contributed by atoms with van der Waals surface area (Å²) in [5.41, 5.74) is 9.90. The van der Waals surface area contributed by atoms with Crippen LogP contribution < -0.4 is 5.32 Å². The van der Waals surface area contributed by atoms with Crippen molar-refractivity contribution < 1.29 is 0 Å². The second-order valence-electron chi connectivity index (χ2n) is 9.27. The molecule has 1 nitrogen and oxygen atoms in total. The van der Waals surface area contributed by atoms with Crippen LogP contribution >= 0.6 is 22.6 Å². The Morgan fingerprint density at radius 2 is 1.32 bits per heavy atom. The van der Waals surface area contributed by atoms with Gasteiger partial charge in [0, 0.05) is 15.8 Å². The fourth-order valence-electron chi connectivity index (χ4n) is 3.79. The van der Waals surface area contributed by atoms with Crippen LogP contribution in [0.5, 0.6) is 0 Å². The van der Waals surface area contributed by atoms with E-state index in [1.165, 1.54) is 42.6 Å². The molecule has 2 aromatic rings. The number of nitrogens with one attached hydrogen (secondary N) is 1. The molecule has 1 N–H and O–H groups in total. The van der Waals surface area contributed by atoms with Crippen molar-refractivity contribution in [1.29, 1.82) is 0 Å². The third kappa shape index (κ3) is 5.31. The average Bonchev–Trinajstić information content (AvgIpc) is 2.61. The summed E-state index contributed by atoms with van der Waals surface area (Å²) in [5, 5.41) is 3.78. The molecule has 0 bridgehead atoms. The van der Waals surface area contributed by atoms with Crippen LogP contribution in [-0.4, -0.2) is 6.54 Å². The van der Waals surface area contributed by atoms with Gasteiger partial charge in [0.2, 0.25) is 0 Å². The Bertz CT molecular complexity index is 818. The molecular formula is C26H38IN. The molecule has 2 aromatic carbocycles. The second-order valence-corrected chi connectivity index (χ2v) is 10.3. The highest BCUT2D eigenvalue weighted by Gasteiger charge is 2.15. The van der Waals surface area contributed by atoms with Gasteiger partial charge in [0.1, 0.15) is 0 Å². The summed E-state index contributed by atoms with van der Waals surface area (Å²) in [6.07, 6.45) is 0. The van der Waals surface area contributed by atoms with E-state index in [9.17, 15) is 0 Å². The minimum absolute atomic E-state index is 0.470.